The van der Waals surface area contributed by atoms with Gasteiger partial charge in [-0.1, -0.05) is 72.3 Å². The van der Waals surface area contributed by atoms with E-state index in [1.807, 2.05) is 107 Å². The van der Waals surface area contributed by atoms with Gasteiger partial charge in [-0.25, -0.2) is 9.67 Å². The molecule has 0 spiro atoms. The normalized spacial score (nSPS) is 11.3. The number of halogens is 1. The molecule has 33 heavy (non-hydrogen) atoms. The summed E-state index contributed by atoms with van der Waals surface area (Å²) in [6, 6.07) is 29.7. The standard InChI is InChI=1S/C27H17ClN4S/c28-23-13-11-20(12-14-23)26-22(17-32(31-26)24-9-5-2-6-10-24)15-21(16-29)27-30-25(18-33-27)19-7-3-1-4-8-19/h1-15,17-18H/b21-15-. The van der Waals surface area contributed by atoms with Crippen molar-refractivity contribution in [3.8, 4) is 34.3 Å². The van der Waals surface area contributed by atoms with Gasteiger partial charge in [-0.05, 0) is 30.3 Å². The average Bonchev–Trinajstić information content (AvgIpc) is 3.52. The maximum atomic E-state index is 9.95. The van der Waals surface area contributed by atoms with Gasteiger partial charge in [0.15, 0.2) is 0 Å². The van der Waals surface area contributed by atoms with Crippen molar-refractivity contribution in [2.75, 3.05) is 0 Å². The van der Waals surface area contributed by atoms with Gasteiger partial charge in [0.2, 0.25) is 0 Å². The van der Waals surface area contributed by atoms with Gasteiger partial charge in [-0.3, -0.25) is 0 Å². The van der Waals surface area contributed by atoms with Crippen molar-refractivity contribution in [2.45, 2.75) is 0 Å². The maximum absolute atomic E-state index is 9.95. The summed E-state index contributed by atoms with van der Waals surface area (Å²) in [7, 11) is 0. The van der Waals surface area contributed by atoms with E-state index in [1.54, 1.807) is 0 Å². The quantitative estimate of drug-likeness (QED) is 0.255. The molecule has 0 saturated carbocycles. The van der Waals surface area contributed by atoms with E-state index in [2.05, 4.69) is 6.07 Å². The Labute approximate surface area is 200 Å². The molecule has 2 aromatic heterocycles. The van der Waals surface area contributed by atoms with E-state index < -0.39 is 0 Å². The SMILES string of the molecule is N#C/C(=C/c1cn(-c2ccccc2)nc1-c1ccc(Cl)cc1)c1nc(-c2ccccc2)cs1. The van der Waals surface area contributed by atoms with Crippen LogP contribution >= 0.6 is 22.9 Å². The molecular formula is C27H17ClN4S. The number of hydrogen-bond acceptors (Lipinski definition) is 4. The molecule has 0 bridgehead atoms. The van der Waals surface area contributed by atoms with Crippen LogP contribution in [0.4, 0.5) is 0 Å². The van der Waals surface area contributed by atoms with Crippen molar-refractivity contribution in [3.63, 3.8) is 0 Å². The molecule has 3 aromatic carbocycles. The molecule has 5 rings (SSSR count). The average molecular weight is 465 g/mol. The molecule has 2 heterocycles. The molecular weight excluding hydrogens is 448 g/mol. The van der Waals surface area contributed by atoms with Crippen molar-refractivity contribution >= 4 is 34.6 Å². The highest BCUT2D eigenvalue weighted by Gasteiger charge is 2.15. The smallest absolute Gasteiger partial charge is 0.134 e. The van der Waals surface area contributed by atoms with Crippen LogP contribution in [0.3, 0.4) is 0 Å². The number of aromatic nitrogens is 3. The third-order valence-corrected chi connectivity index (χ3v) is 6.23. The number of thiazole rings is 1. The van der Waals surface area contributed by atoms with E-state index in [1.165, 1.54) is 11.3 Å². The van der Waals surface area contributed by atoms with E-state index >= 15 is 0 Å². The van der Waals surface area contributed by atoms with Crippen LogP contribution in [0, 0.1) is 11.3 Å². The number of benzene rings is 3. The largest absolute Gasteiger partial charge is 0.240 e. The maximum Gasteiger partial charge on any atom is 0.134 e. The lowest BCUT2D eigenvalue weighted by atomic mass is 10.1. The summed E-state index contributed by atoms with van der Waals surface area (Å²) in [6.07, 6.45) is 3.78. The molecule has 0 N–H and O–H groups in total. The van der Waals surface area contributed by atoms with Crippen LogP contribution in [0.2, 0.25) is 5.02 Å². The van der Waals surface area contributed by atoms with Crippen molar-refractivity contribution in [1.82, 2.24) is 14.8 Å². The Balaban J connectivity index is 1.60. The van der Waals surface area contributed by atoms with Crippen LogP contribution in [0.15, 0.2) is 96.5 Å². The number of nitrogens with zero attached hydrogens (tertiary/aromatic N) is 4. The predicted octanol–water partition coefficient (Wildman–Crippen LogP) is 7.38. The van der Waals surface area contributed by atoms with Gasteiger partial charge in [0.05, 0.1) is 22.6 Å². The number of nitriles is 1. The Kier molecular flexibility index (Phi) is 5.86. The van der Waals surface area contributed by atoms with Crippen LogP contribution < -0.4 is 0 Å². The predicted molar refractivity (Wildman–Crippen MR) is 135 cm³/mol. The molecule has 0 amide bonds. The Morgan fingerprint density at radius 1 is 0.909 bits per heavy atom. The lowest BCUT2D eigenvalue weighted by Gasteiger charge is -2.01. The van der Waals surface area contributed by atoms with E-state index in [0.29, 0.717) is 15.6 Å². The van der Waals surface area contributed by atoms with Gasteiger partial charge >= 0.3 is 0 Å². The summed E-state index contributed by atoms with van der Waals surface area (Å²) in [5, 5.41) is 18.1. The second-order valence-electron chi connectivity index (χ2n) is 7.29. The van der Waals surface area contributed by atoms with Crippen LogP contribution in [-0.2, 0) is 0 Å². The Morgan fingerprint density at radius 3 is 2.30 bits per heavy atom. The highest BCUT2D eigenvalue weighted by Crippen LogP contribution is 2.31. The van der Waals surface area contributed by atoms with Crippen molar-refractivity contribution < 1.29 is 0 Å². The molecule has 0 unspecified atom stereocenters. The second kappa shape index (κ2) is 9.25. The fourth-order valence-corrected chi connectivity index (χ4v) is 4.39. The highest BCUT2D eigenvalue weighted by atomic mass is 35.5. The van der Waals surface area contributed by atoms with Gasteiger partial charge in [0.1, 0.15) is 11.1 Å². The molecule has 0 aliphatic carbocycles. The first-order valence-corrected chi connectivity index (χ1v) is 11.5. The number of hydrogen-bond donors (Lipinski definition) is 0. The molecule has 0 saturated heterocycles. The van der Waals surface area contributed by atoms with Gasteiger partial charge < -0.3 is 0 Å². The molecule has 5 aromatic rings. The van der Waals surface area contributed by atoms with E-state index in [9.17, 15) is 5.26 Å². The molecule has 0 radical (unpaired) electrons. The van der Waals surface area contributed by atoms with Crippen LogP contribution in [0.5, 0.6) is 0 Å². The summed E-state index contributed by atoms with van der Waals surface area (Å²) in [6.45, 7) is 0. The van der Waals surface area contributed by atoms with E-state index in [0.717, 1.165) is 33.8 Å². The fourth-order valence-electron chi connectivity index (χ4n) is 3.47. The molecule has 158 valence electrons. The van der Waals surface area contributed by atoms with Crippen molar-refractivity contribution in [1.29, 1.82) is 5.26 Å². The number of allylic oxidation sites excluding steroid dienone is 1. The molecule has 0 atom stereocenters. The fraction of sp³-hybridized carbons (Fsp3) is 0. The molecule has 4 nitrogen and oxygen atoms in total. The number of para-hydroxylation sites is 1. The molecule has 0 fully saturated rings. The molecule has 0 aliphatic rings. The zero-order valence-corrected chi connectivity index (χ0v) is 19.0. The van der Waals surface area contributed by atoms with Crippen LogP contribution in [0.25, 0.3) is 39.9 Å². The van der Waals surface area contributed by atoms with Crippen LogP contribution in [0.1, 0.15) is 10.6 Å². The van der Waals surface area contributed by atoms with Gasteiger partial charge in [-0.15, -0.1) is 11.3 Å². The minimum Gasteiger partial charge on any atom is -0.240 e. The van der Waals surface area contributed by atoms with Gasteiger partial charge in [0, 0.05) is 33.3 Å². The lowest BCUT2D eigenvalue weighted by Crippen LogP contribution is -1.93. The zero-order valence-electron chi connectivity index (χ0n) is 17.4. The first kappa shape index (κ1) is 20.9. The van der Waals surface area contributed by atoms with Crippen molar-refractivity contribution in [2.24, 2.45) is 0 Å². The summed E-state index contributed by atoms with van der Waals surface area (Å²) < 4.78 is 1.82. The third kappa shape index (κ3) is 4.49. The summed E-state index contributed by atoms with van der Waals surface area (Å²) >= 11 is 7.55. The lowest BCUT2D eigenvalue weighted by molar-refractivity contribution is 0.884. The van der Waals surface area contributed by atoms with E-state index in [-0.39, 0.29) is 0 Å². The first-order valence-electron chi connectivity index (χ1n) is 10.3. The monoisotopic (exact) mass is 464 g/mol. The molecule has 0 aliphatic heterocycles. The molecule has 6 heteroatoms. The summed E-state index contributed by atoms with van der Waals surface area (Å²) in [5.74, 6) is 0. The minimum atomic E-state index is 0.491. The van der Waals surface area contributed by atoms with Gasteiger partial charge in [-0.2, -0.15) is 10.4 Å². The Hall–Kier alpha value is -3.98. The third-order valence-electron chi connectivity index (χ3n) is 5.11. The number of rotatable bonds is 5. The van der Waals surface area contributed by atoms with E-state index in [4.69, 9.17) is 21.7 Å². The van der Waals surface area contributed by atoms with Crippen molar-refractivity contribution in [3.05, 3.63) is 112 Å². The minimum absolute atomic E-state index is 0.491. The zero-order chi connectivity index (χ0) is 22.6. The second-order valence-corrected chi connectivity index (χ2v) is 8.59. The summed E-state index contributed by atoms with van der Waals surface area (Å²) in [4.78, 5) is 4.71. The van der Waals surface area contributed by atoms with Gasteiger partial charge in [0.25, 0.3) is 0 Å². The highest BCUT2D eigenvalue weighted by molar-refractivity contribution is 7.11. The summed E-state index contributed by atoms with van der Waals surface area (Å²) in [5.41, 5.74) is 5.82. The Bertz CT molecular complexity index is 1460. The first-order chi connectivity index (χ1) is 16.2. The van der Waals surface area contributed by atoms with Crippen LogP contribution in [-0.4, -0.2) is 14.8 Å². The topological polar surface area (TPSA) is 54.5 Å². The Morgan fingerprint density at radius 2 is 1.61 bits per heavy atom.